The Hall–Kier alpha value is -2.54. The minimum absolute atomic E-state index is 0.0610. The van der Waals surface area contributed by atoms with Gasteiger partial charge in [-0.05, 0) is 42.8 Å². The second-order valence-corrected chi connectivity index (χ2v) is 6.21. The number of ketones is 1. The van der Waals surface area contributed by atoms with Gasteiger partial charge in [0.15, 0.2) is 6.61 Å². The van der Waals surface area contributed by atoms with E-state index in [1.54, 1.807) is 31.2 Å². The molecule has 0 aliphatic rings. The second-order valence-electron chi connectivity index (χ2n) is 5.30. The third-order valence-electron chi connectivity index (χ3n) is 3.26. The summed E-state index contributed by atoms with van der Waals surface area (Å²) in [5, 5.41) is 0. The van der Waals surface area contributed by atoms with Gasteiger partial charge < -0.3 is 9.47 Å². The van der Waals surface area contributed by atoms with Crippen LogP contribution in [0.3, 0.4) is 0 Å². The fraction of sp³-hybridized carbons (Fsp3) is 0.158. The summed E-state index contributed by atoms with van der Waals surface area (Å²) in [5.41, 5.74) is 1.40. The van der Waals surface area contributed by atoms with Crippen LogP contribution in [0.4, 0.5) is 8.78 Å². The van der Waals surface area contributed by atoms with Gasteiger partial charge in [-0.3, -0.25) is 4.79 Å². The molecule has 0 atom stereocenters. The van der Waals surface area contributed by atoms with Crippen LogP contribution in [-0.2, 0) is 9.53 Å². The summed E-state index contributed by atoms with van der Waals surface area (Å²) in [6, 6.07) is 11.5. The molecule has 26 heavy (non-hydrogen) atoms. The number of hydrogen-bond acceptors (Lipinski definition) is 4. The number of carbonyl (C=O) groups excluding carboxylic acids is 2. The van der Waals surface area contributed by atoms with E-state index in [1.807, 2.05) is 6.07 Å². The highest BCUT2D eigenvalue weighted by Gasteiger charge is 2.17. The maximum Gasteiger partial charge on any atom is 0.387 e. The molecule has 0 aliphatic heterocycles. The molecule has 4 nitrogen and oxygen atoms in total. The maximum absolute atomic E-state index is 12.4. The van der Waals surface area contributed by atoms with Crippen molar-refractivity contribution in [1.82, 2.24) is 0 Å². The molecule has 0 N–H and O–H groups in total. The highest BCUT2D eigenvalue weighted by Crippen LogP contribution is 2.22. The molecule has 0 fully saturated rings. The smallest absolute Gasteiger partial charge is 0.387 e. The molecule has 0 unspecified atom stereocenters. The minimum Gasteiger partial charge on any atom is -0.454 e. The lowest BCUT2D eigenvalue weighted by atomic mass is 10.1. The van der Waals surface area contributed by atoms with Crippen molar-refractivity contribution in [3.05, 3.63) is 69.7 Å². The number of halogens is 3. The van der Waals surface area contributed by atoms with Crippen molar-refractivity contribution in [2.45, 2.75) is 13.5 Å². The summed E-state index contributed by atoms with van der Waals surface area (Å²) in [4.78, 5) is 23.9. The minimum atomic E-state index is -3.06. The molecule has 0 saturated heterocycles. The molecular formula is C19H15BrF2O4. The Morgan fingerprint density at radius 3 is 2.65 bits per heavy atom. The van der Waals surface area contributed by atoms with Gasteiger partial charge in [-0.1, -0.05) is 39.7 Å². The molecule has 2 aromatic rings. The Bertz CT molecular complexity index is 834. The average Bonchev–Trinajstić information content (AvgIpc) is 2.59. The Morgan fingerprint density at radius 1 is 1.19 bits per heavy atom. The zero-order chi connectivity index (χ0) is 19.1. The van der Waals surface area contributed by atoms with E-state index in [1.165, 1.54) is 24.3 Å². The van der Waals surface area contributed by atoms with E-state index in [-0.39, 0.29) is 11.3 Å². The molecule has 0 aliphatic carbocycles. The topological polar surface area (TPSA) is 52.6 Å². The van der Waals surface area contributed by atoms with Crippen LogP contribution in [0, 0.1) is 6.92 Å². The molecule has 0 bridgehead atoms. The lowest BCUT2D eigenvalue weighted by Gasteiger charge is -2.10. The number of benzene rings is 2. The summed E-state index contributed by atoms with van der Waals surface area (Å²) >= 11 is 3.31. The highest BCUT2D eigenvalue weighted by molar-refractivity contribution is 9.10. The monoisotopic (exact) mass is 424 g/mol. The Labute approximate surface area is 157 Å². The van der Waals surface area contributed by atoms with Gasteiger partial charge in [0.1, 0.15) is 5.75 Å². The number of alkyl halides is 2. The molecule has 2 rings (SSSR count). The number of esters is 1. The van der Waals surface area contributed by atoms with Crippen LogP contribution < -0.4 is 4.74 Å². The van der Waals surface area contributed by atoms with Crippen LogP contribution in [0.25, 0.3) is 6.08 Å². The molecular weight excluding hydrogens is 410 g/mol. The second kappa shape index (κ2) is 9.24. The van der Waals surface area contributed by atoms with Crippen molar-refractivity contribution in [3.8, 4) is 5.75 Å². The van der Waals surface area contributed by atoms with Gasteiger partial charge in [-0.2, -0.15) is 8.78 Å². The van der Waals surface area contributed by atoms with Gasteiger partial charge in [0.05, 0.1) is 5.56 Å². The summed E-state index contributed by atoms with van der Waals surface area (Å²) < 4.78 is 34.9. The quantitative estimate of drug-likeness (QED) is 0.364. The molecule has 0 saturated carbocycles. The summed E-state index contributed by atoms with van der Waals surface area (Å²) in [6.45, 7) is -1.93. The standard InChI is InChI=1S/C19H15BrF2O4/c1-12-5-7-17(26-19(21)22)15(9-12)16(23)11-25-18(24)8-6-13-3-2-4-14(20)10-13/h2-10,19H,11H2,1H3/b8-6+. The fourth-order valence-corrected chi connectivity index (χ4v) is 2.51. The SMILES string of the molecule is Cc1ccc(OC(F)F)c(C(=O)COC(=O)/C=C/c2cccc(Br)c2)c1. The molecule has 0 radical (unpaired) electrons. The number of Topliss-reactive ketones (excluding diaryl/α,β-unsaturated/α-hetero) is 1. The van der Waals surface area contributed by atoms with Crippen molar-refractivity contribution in [2.24, 2.45) is 0 Å². The first-order valence-corrected chi connectivity index (χ1v) is 8.33. The van der Waals surface area contributed by atoms with E-state index >= 15 is 0 Å². The molecule has 0 aromatic heterocycles. The number of carbonyl (C=O) groups is 2. The van der Waals surface area contributed by atoms with E-state index in [0.29, 0.717) is 5.56 Å². The van der Waals surface area contributed by atoms with Gasteiger partial charge in [0, 0.05) is 10.5 Å². The van der Waals surface area contributed by atoms with Crippen molar-refractivity contribution in [1.29, 1.82) is 0 Å². The zero-order valence-corrected chi connectivity index (χ0v) is 15.3. The van der Waals surface area contributed by atoms with E-state index in [4.69, 9.17) is 4.74 Å². The van der Waals surface area contributed by atoms with Gasteiger partial charge in [0.25, 0.3) is 0 Å². The zero-order valence-electron chi connectivity index (χ0n) is 13.7. The summed E-state index contributed by atoms with van der Waals surface area (Å²) in [7, 11) is 0. The van der Waals surface area contributed by atoms with Crippen molar-refractivity contribution >= 4 is 33.8 Å². The number of rotatable bonds is 7. The van der Waals surface area contributed by atoms with Crippen molar-refractivity contribution < 1.29 is 27.8 Å². The molecule has 0 heterocycles. The molecule has 2 aromatic carbocycles. The Morgan fingerprint density at radius 2 is 1.96 bits per heavy atom. The molecule has 136 valence electrons. The first kappa shape index (κ1) is 19.8. The number of hydrogen-bond donors (Lipinski definition) is 0. The van der Waals surface area contributed by atoms with Crippen LogP contribution in [0.15, 0.2) is 53.0 Å². The Kier molecular flexibility index (Phi) is 7.03. The lowest BCUT2D eigenvalue weighted by Crippen LogP contribution is -2.15. The van der Waals surface area contributed by atoms with Crippen LogP contribution in [0.1, 0.15) is 21.5 Å². The van der Waals surface area contributed by atoms with Crippen LogP contribution >= 0.6 is 15.9 Å². The maximum atomic E-state index is 12.4. The largest absolute Gasteiger partial charge is 0.454 e. The molecule has 0 spiro atoms. The van der Waals surface area contributed by atoms with E-state index in [2.05, 4.69) is 20.7 Å². The van der Waals surface area contributed by atoms with Crippen molar-refractivity contribution in [3.63, 3.8) is 0 Å². The van der Waals surface area contributed by atoms with Gasteiger partial charge in [0.2, 0.25) is 5.78 Å². The van der Waals surface area contributed by atoms with Gasteiger partial charge in [-0.15, -0.1) is 0 Å². The summed E-state index contributed by atoms with van der Waals surface area (Å²) in [5.74, 6) is -1.60. The van der Waals surface area contributed by atoms with E-state index in [0.717, 1.165) is 10.0 Å². The lowest BCUT2D eigenvalue weighted by molar-refractivity contribution is -0.136. The normalized spacial score (nSPS) is 11.0. The first-order valence-electron chi connectivity index (χ1n) is 7.54. The highest BCUT2D eigenvalue weighted by atomic mass is 79.9. The van der Waals surface area contributed by atoms with E-state index in [9.17, 15) is 18.4 Å². The van der Waals surface area contributed by atoms with Crippen LogP contribution in [0.5, 0.6) is 5.75 Å². The average molecular weight is 425 g/mol. The predicted octanol–water partition coefficient (Wildman–Crippen LogP) is 4.80. The van der Waals surface area contributed by atoms with Crippen molar-refractivity contribution in [2.75, 3.05) is 6.61 Å². The summed E-state index contributed by atoms with van der Waals surface area (Å²) in [6.07, 6.45) is 2.72. The van der Waals surface area contributed by atoms with E-state index < -0.39 is 25.0 Å². The first-order chi connectivity index (χ1) is 12.3. The molecule has 0 amide bonds. The third-order valence-corrected chi connectivity index (χ3v) is 3.75. The third kappa shape index (κ3) is 6.07. The van der Waals surface area contributed by atoms with Crippen LogP contribution in [0.2, 0.25) is 0 Å². The number of aryl methyl sites for hydroxylation is 1. The van der Waals surface area contributed by atoms with Gasteiger partial charge >= 0.3 is 12.6 Å². The number of ether oxygens (including phenoxy) is 2. The predicted molar refractivity (Wildman–Crippen MR) is 96.3 cm³/mol. The molecule has 7 heteroatoms. The van der Waals surface area contributed by atoms with Crippen LogP contribution in [-0.4, -0.2) is 25.0 Å². The fourth-order valence-electron chi connectivity index (χ4n) is 2.10. The van der Waals surface area contributed by atoms with Gasteiger partial charge in [-0.25, -0.2) is 4.79 Å². The Balaban J connectivity index is 2.00.